The molecule has 1 aliphatic rings. The lowest BCUT2D eigenvalue weighted by Crippen LogP contribution is -2.43. The molecule has 0 N–H and O–H groups in total. The highest BCUT2D eigenvalue weighted by molar-refractivity contribution is 4.90. The van der Waals surface area contributed by atoms with Crippen LogP contribution in [0.15, 0.2) is 0 Å². The number of ether oxygens (including phenoxy) is 1. The van der Waals surface area contributed by atoms with Crippen molar-refractivity contribution >= 4 is 0 Å². The van der Waals surface area contributed by atoms with Crippen LogP contribution in [0.3, 0.4) is 0 Å². The molecule has 2 atom stereocenters. The van der Waals surface area contributed by atoms with E-state index in [1.807, 2.05) is 0 Å². The van der Waals surface area contributed by atoms with Crippen LogP contribution in [0.1, 0.15) is 59.8 Å². The summed E-state index contributed by atoms with van der Waals surface area (Å²) in [5.74, 6) is 0.841. The monoisotopic (exact) mass is 198 g/mol. The van der Waals surface area contributed by atoms with E-state index < -0.39 is 0 Å². The third-order valence-corrected chi connectivity index (χ3v) is 4.20. The normalized spacial score (nSPS) is 33.6. The lowest BCUT2D eigenvalue weighted by molar-refractivity contribution is -0.106. The standard InChI is InChI=1S/C13H26O/c1-5-11(6-2)13(4)9-8-10-14-12(13)7-3/h11-12H,5-10H2,1-4H3. The van der Waals surface area contributed by atoms with Crippen LogP contribution in [0.5, 0.6) is 0 Å². The quantitative estimate of drug-likeness (QED) is 0.663. The van der Waals surface area contributed by atoms with Crippen LogP contribution in [-0.4, -0.2) is 12.7 Å². The van der Waals surface area contributed by atoms with Gasteiger partial charge in [0.05, 0.1) is 6.10 Å². The van der Waals surface area contributed by atoms with Crippen LogP contribution in [0.4, 0.5) is 0 Å². The first-order chi connectivity index (χ1) is 6.69. The van der Waals surface area contributed by atoms with Gasteiger partial charge >= 0.3 is 0 Å². The highest BCUT2D eigenvalue weighted by Gasteiger charge is 2.41. The predicted octanol–water partition coefficient (Wildman–Crippen LogP) is 4.02. The molecule has 0 aromatic rings. The molecule has 1 saturated heterocycles. The molecule has 1 aliphatic heterocycles. The van der Waals surface area contributed by atoms with Crippen molar-refractivity contribution in [3.05, 3.63) is 0 Å². The van der Waals surface area contributed by atoms with Gasteiger partial charge < -0.3 is 4.74 Å². The summed E-state index contributed by atoms with van der Waals surface area (Å²) in [6, 6.07) is 0. The second kappa shape index (κ2) is 5.16. The van der Waals surface area contributed by atoms with E-state index in [-0.39, 0.29) is 0 Å². The molecule has 1 nitrogen and oxygen atoms in total. The molecular weight excluding hydrogens is 172 g/mol. The van der Waals surface area contributed by atoms with Gasteiger partial charge in [-0.15, -0.1) is 0 Å². The molecule has 0 bridgehead atoms. The fraction of sp³-hybridized carbons (Fsp3) is 1.00. The fourth-order valence-corrected chi connectivity index (χ4v) is 3.30. The van der Waals surface area contributed by atoms with Gasteiger partial charge in [-0.05, 0) is 30.6 Å². The molecule has 84 valence electrons. The fourth-order valence-electron chi connectivity index (χ4n) is 3.30. The summed E-state index contributed by atoms with van der Waals surface area (Å²) in [6.45, 7) is 10.3. The summed E-state index contributed by atoms with van der Waals surface area (Å²) in [6.07, 6.45) is 6.88. The van der Waals surface area contributed by atoms with Gasteiger partial charge in [0.1, 0.15) is 0 Å². The summed E-state index contributed by atoms with van der Waals surface area (Å²) in [5.41, 5.74) is 0.441. The second-order valence-electron chi connectivity index (χ2n) is 4.89. The van der Waals surface area contributed by atoms with Gasteiger partial charge in [0.25, 0.3) is 0 Å². The van der Waals surface area contributed by atoms with Gasteiger partial charge in [-0.1, -0.05) is 40.5 Å². The Bertz CT molecular complexity index is 153. The van der Waals surface area contributed by atoms with E-state index in [1.165, 1.54) is 32.1 Å². The van der Waals surface area contributed by atoms with Crippen LogP contribution in [0, 0.1) is 11.3 Å². The third-order valence-electron chi connectivity index (χ3n) is 4.20. The first-order valence-corrected chi connectivity index (χ1v) is 6.30. The number of hydrogen-bond acceptors (Lipinski definition) is 1. The van der Waals surface area contributed by atoms with E-state index in [1.54, 1.807) is 0 Å². The van der Waals surface area contributed by atoms with Crippen LogP contribution in [-0.2, 0) is 4.74 Å². The zero-order valence-corrected chi connectivity index (χ0v) is 10.3. The second-order valence-corrected chi connectivity index (χ2v) is 4.89. The Morgan fingerprint density at radius 2 is 1.93 bits per heavy atom. The summed E-state index contributed by atoms with van der Waals surface area (Å²) >= 11 is 0. The smallest absolute Gasteiger partial charge is 0.0628 e. The molecule has 0 amide bonds. The minimum absolute atomic E-state index is 0.441. The zero-order chi connectivity index (χ0) is 10.6. The number of rotatable bonds is 4. The van der Waals surface area contributed by atoms with Gasteiger partial charge in [-0.3, -0.25) is 0 Å². The highest BCUT2D eigenvalue weighted by atomic mass is 16.5. The van der Waals surface area contributed by atoms with Gasteiger partial charge in [-0.25, -0.2) is 0 Å². The Kier molecular flexibility index (Phi) is 4.43. The average molecular weight is 198 g/mol. The largest absolute Gasteiger partial charge is 0.378 e. The van der Waals surface area contributed by atoms with Gasteiger partial charge in [-0.2, -0.15) is 0 Å². The molecule has 0 aromatic heterocycles. The molecule has 1 heterocycles. The molecule has 14 heavy (non-hydrogen) atoms. The van der Waals surface area contributed by atoms with Crippen molar-refractivity contribution in [2.24, 2.45) is 11.3 Å². The van der Waals surface area contributed by atoms with Crippen molar-refractivity contribution in [3.8, 4) is 0 Å². The van der Waals surface area contributed by atoms with E-state index in [0.717, 1.165) is 12.5 Å². The molecule has 0 aliphatic carbocycles. The van der Waals surface area contributed by atoms with E-state index in [4.69, 9.17) is 4.74 Å². The number of hydrogen-bond donors (Lipinski definition) is 0. The van der Waals surface area contributed by atoms with Gasteiger partial charge in [0.15, 0.2) is 0 Å². The van der Waals surface area contributed by atoms with Crippen LogP contribution < -0.4 is 0 Å². The highest BCUT2D eigenvalue weighted by Crippen LogP contribution is 2.44. The molecular formula is C13H26O. The Morgan fingerprint density at radius 3 is 2.43 bits per heavy atom. The Hall–Kier alpha value is -0.0400. The minimum Gasteiger partial charge on any atom is -0.378 e. The summed E-state index contributed by atoms with van der Waals surface area (Å²) < 4.78 is 5.93. The van der Waals surface area contributed by atoms with Crippen molar-refractivity contribution in [2.75, 3.05) is 6.61 Å². The topological polar surface area (TPSA) is 9.23 Å². The van der Waals surface area contributed by atoms with Crippen molar-refractivity contribution in [1.29, 1.82) is 0 Å². The SMILES string of the molecule is CCC(CC)C1(C)CCCOC1CC. The summed E-state index contributed by atoms with van der Waals surface area (Å²) in [4.78, 5) is 0. The van der Waals surface area contributed by atoms with E-state index in [0.29, 0.717) is 11.5 Å². The molecule has 0 saturated carbocycles. The van der Waals surface area contributed by atoms with Gasteiger partial charge in [0.2, 0.25) is 0 Å². The summed E-state index contributed by atoms with van der Waals surface area (Å²) in [5, 5.41) is 0. The maximum Gasteiger partial charge on any atom is 0.0628 e. The molecule has 0 radical (unpaired) electrons. The van der Waals surface area contributed by atoms with Crippen LogP contribution in [0.25, 0.3) is 0 Å². The van der Waals surface area contributed by atoms with Crippen LogP contribution >= 0.6 is 0 Å². The first kappa shape index (κ1) is 12.0. The van der Waals surface area contributed by atoms with Crippen molar-refractivity contribution in [2.45, 2.75) is 65.9 Å². The van der Waals surface area contributed by atoms with Crippen molar-refractivity contribution in [1.82, 2.24) is 0 Å². The maximum absolute atomic E-state index is 5.93. The van der Waals surface area contributed by atoms with Crippen molar-refractivity contribution < 1.29 is 4.74 Å². The van der Waals surface area contributed by atoms with E-state index in [9.17, 15) is 0 Å². The summed E-state index contributed by atoms with van der Waals surface area (Å²) in [7, 11) is 0. The molecule has 2 unspecified atom stereocenters. The van der Waals surface area contributed by atoms with Crippen LogP contribution in [0.2, 0.25) is 0 Å². The van der Waals surface area contributed by atoms with E-state index >= 15 is 0 Å². The molecule has 1 fully saturated rings. The Balaban J connectivity index is 2.75. The molecule has 1 rings (SSSR count). The van der Waals surface area contributed by atoms with Crippen molar-refractivity contribution in [3.63, 3.8) is 0 Å². The predicted molar refractivity (Wildman–Crippen MR) is 61.4 cm³/mol. The molecule has 0 aromatic carbocycles. The van der Waals surface area contributed by atoms with E-state index in [2.05, 4.69) is 27.7 Å². The Labute approximate surface area is 89.2 Å². The first-order valence-electron chi connectivity index (χ1n) is 6.30. The lowest BCUT2D eigenvalue weighted by atomic mass is 9.66. The third kappa shape index (κ3) is 2.13. The maximum atomic E-state index is 5.93. The minimum atomic E-state index is 0.441. The zero-order valence-electron chi connectivity index (χ0n) is 10.3. The van der Waals surface area contributed by atoms with Gasteiger partial charge in [0, 0.05) is 6.61 Å². The average Bonchev–Trinajstić information content (AvgIpc) is 2.20. The molecule has 0 spiro atoms. The Morgan fingerprint density at radius 1 is 1.29 bits per heavy atom. The molecule has 1 heteroatoms. The lowest BCUT2D eigenvalue weighted by Gasteiger charge is -2.46.